The summed E-state index contributed by atoms with van der Waals surface area (Å²) in [7, 11) is 0. The second-order valence-corrected chi connectivity index (χ2v) is 8.11. The average molecular weight is 439 g/mol. The molecule has 2 amide bonds. The van der Waals surface area contributed by atoms with Crippen molar-refractivity contribution in [3.05, 3.63) is 59.7 Å². The van der Waals surface area contributed by atoms with Crippen LogP contribution in [-0.4, -0.2) is 42.3 Å². The highest BCUT2D eigenvalue weighted by atomic mass is 16.5. The molecule has 0 saturated heterocycles. The third-order valence-corrected chi connectivity index (χ3v) is 5.64. The van der Waals surface area contributed by atoms with Crippen LogP contribution in [0.15, 0.2) is 48.5 Å². The van der Waals surface area contributed by atoms with E-state index in [4.69, 9.17) is 9.84 Å². The van der Waals surface area contributed by atoms with Crippen molar-refractivity contribution >= 4 is 18.0 Å². The summed E-state index contributed by atoms with van der Waals surface area (Å²) >= 11 is 0. The number of aliphatic carboxylic acids is 1. The lowest BCUT2D eigenvalue weighted by Crippen LogP contribution is -2.33. The second kappa shape index (κ2) is 11.3. The predicted octanol–water partition coefficient (Wildman–Crippen LogP) is 4.06. The molecule has 2 aromatic carbocycles. The van der Waals surface area contributed by atoms with E-state index in [1.165, 1.54) is 22.3 Å². The lowest BCUT2D eigenvalue weighted by atomic mass is 9.98. The highest BCUT2D eigenvalue weighted by Crippen LogP contribution is 2.44. The maximum Gasteiger partial charge on any atom is 0.407 e. The van der Waals surface area contributed by atoms with Crippen molar-refractivity contribution in [2.75, 3.05) is 13.2 Å². The van der Waals surface area contributed by atoms with Gasteiger partial charge in [-0.05, 0) is 48.4 Å². The monoisotopic (exact) mass is 438 g/mol. The first-order valence-corrected chi connectivity index (χ1v) is 11.1. The van der Waals surface area contributed by atoms with Crippen LogP contribution in [0.4, 0.5) is 4.79 Å². The number of hydrogen-bond acceptors (Lipinski definition) is 4. The number of ether oxygens (including phenoxy) is 1. The van der Waals surface area contributed by atoms with Crippen molar-refractivity contribution in [1.29, 1.82) is 0 Å². The van der Waals surface area contributed by atoms with Gasteiger partial charge in [0, 0.05) is 31.3 Å². The normalized spacial score (nSPS) is 13.0. The quantitative estimate of drug-likeness (QED) is 0.459. The molecule has 2 aromatic rings. The number of unbranched alkanes of at least 4 members (excludes halogenated alkanes) is 1. The molecule has 7 nitrogen and oxygen atoms in total. The molecule has 32 heavy (non-hydrogen) atoms. The van der Waals surface area contributed by atoms with Crippen molar-refractivity contribution in [1.82, 2.24) is 10.6 Å². The van der Waals surface area contributed by atoms with Gasteiger partial charge >= 0.3 is 12.1 Å². The molecule has 3 rings (SSSR count). The van der Waals surface area contributed by atoms with E-state index < -0.39 is 12.1 Å². The van der Waals surface area contributed by atoms with E-state index in [0.717, 1.165) is 0 Å². The van der Waals surface area contributed by atoms with E-state index in [9.17, 15) is 14.4 Å². The van der Waals surface area contributed by atoms with Gasteiger partial charge in [-0.2, -0.15) is 0 Å². The highest BCUT2D eigenvalue weighted by molar-refractivity contribution is 5.79. The molecule has 0 aliphatic heterocycles. The molecular weight excluding hydrogens is 408 g/mol. The number of alkyl carbamates (subject to hydrolysis) is 1. The van der Waals surface area contributed by atoms with E-state index >= 15 is 0 Å². The van der Waals surface area contributed by atoms with Gasteiger partial charge in [-0.1, -0.05) is 48.5 Å². The SMILES string of the molecule is CC(CCC(=O)O)NC(=O)CCCCNC(=O)OCC1c2ccccc2-c2ccccc21. The Balaban J connectivity index is 1.34. The summed E-state index contributed by atoms with van der Waals surface area (Å²) in [5.74, 6) is -0.950. The van der Waals surface area contributed by atoms with Crippen molar-refractivity contribution in [2.45, 2.75) is 51.0 Å². The van der Waals surface area contributed by atoms with E-state index in [-0.39, 0.29) is 30.9 Å². The lowest BCUT2D eigenvalue weighted by Gasteiger charge is -2.15. The number of rotatable bonds is 11. The maximum atomic E-state index is 12.1. The molecule has 3 N–H and O–H groups in total. The number of carbonyl (C=O) groups excluding carboxylic acids is 2. The second-order valence-electron chi connectivity index (χ2n) is 8.11. The Labute approximate surface area is 188 Å². The fourth-order valence-electron chi connectivity index (χ4n) is 4.01. The van der Waals surface area contributed by atoms with Crippen molar-refractivity contribution in [2.24, 2.45) is 0 Å². The number of amides is 2. The fraction of sp³-hybridized carbons (Fsp3) is 0.400. The van der Waals surface area contributed by atoms with Gasteiger partial charge in [-0.25, -0.2) is 4.79 Å². The number of benzene rings is 2. The van der Waals surface area contributed by atoms with Gasteiger partial charge in [0.2, 0.25) is 5.91 Å². The molecule has 0 bridgehead atoms. The molecular formula is C25H30N2O5. The molecule has 0 saturated carbocycles. The summed E-state index contributed by atoms with van der Waals surface area (Å²) in [6, 6.07) is 16.2. The minimum Gasteiger partial charge on any atom is -0.481 e. The first-order chi connectivity index (χ1) is 15.5. The minimum atomic E-state index is -0.870. The topological polar surface area (TPSA) is 105 Å². The zero-order valence-corrected chi connectivity index (χ0v) is 18.3. The number of carbonyl (C=O) groups is 3. The van der Waals surface area contributed by atoms with E-state index in [0.29, 0.717) is 32.2 Å². The van der Waals surface area contributed by atoms with Crippen LogP contribution in [0, 0.1) is 0 Å². The number of carboxylic acids is 1. The molecule has 1 aliphatic carbocycles. The van der Waals surface area contributed by atoms with Crippen LogP contribution in [-0.2, 0) is 14.3 Å². The highest BCUT2D eigenvalue weighted by Gasteiger charge is 2.28. The first-order valence-electron chi connectivity index (χ1n) is 11.1. The number of nitrogens with one attached hydrogen (secondary N) is 2. The third kappa shape index (κ3) is 6.33. The Morgan fingerprint density at radius 2 is 1.59 bits per heavy atom. The lowest BCUT2D eigenvalue weighted by molar-refractivity contribution is -0.137. The summed E-state index contributed by atoms with van der Waals surface area (Å²) in [4.78, 5) is 34.6. The van der Waals surface area contributed by atoms with Crippen LogP contribution < -0.4 is 10.6 Å². The average Bonchev–Trinajstić information content (AvgIpc) is 3.10. The van der Waals surface area contributed by atoms with Gasteiger partial charge in [-0.15, -0.1) is 0 Å². The fourth-order valence-corrected chi connectivity index (χ4v) is 4.01. The Kier molecular flexibility index (Phi) is 8.25. The number of fused-ring (bicyclic) bond motifs is 3. The van der Waals surface area contributed by atoms with Crippen LogP contribution in [0.25, 0.3) is 11.1 Å². The van der Waals surface area contributed by atoms with Crippen molar-refractivity contribution in [3.8, 4) is 11.1 Å². The summed E-state index contributed by atoms with van der Waals surface area (Å²) < 4.78 is 5.49. The summed E-state index contributed by atoms with van der Waals surface area (Å²) in [6.45, 7) is 2.49. The molecule has 1 unspecified atom stereocenters. The van der Waals surface area contributed by atoms with Gasteiger partial charge in [0.05, 0.1) is 0 Å². The van der Waals surface area contributed by atoms with Gasteiger partial charge < -0.3 is 20.5 Å². The van der Waals surface area contributed by atoms with Gasteiger partial charge in [0.1, 0.15) is 6.61 Å². The van der Waals surface area contributed by atoms with Crippen LogP contribution >= 0.6 is 0 Å². The Bertz CT molecular complexity index is 913. The van der Waals surface area contributed by atoms with Crippen LogP contribution in [0.2, 0.25) is 0 Å². The van der Waals surface area contributed by atoms with Gasteiger partial charge in [0.15, 0.2) is 0 Å². The maximum absolute atomic E-state index is 12.1. The zero-order valence-electron chi connectivity index (χ0n) is 18.3. The Morgan fingerprint density at radius 3 is 2.22 bits per heavy atom. The van der Waals surface area contributed by atoms with E-state index in [2.05, 4.69) is 34.9 Å². The Morgan fingerprint density at radius 1 is 0.969 bits per heavy atom. The molecule has 0 aromatic heterocycles. The smallest absolute Gasteiger partial charge is 0.407 e. The molecule has 170 valence electrons. The standard InChI is InChI=1S/C25H30N2O5/c1-17(13-14-24(29)30)27-23(28)12-6-7-15-26-25(31)32-16-22-20-10-4-2-8-18(20)19-9-3-5-11-21(19)22/h2-5,8-11,17,22H,6-7,12-16H2,1H3,(H,26,31)(H,27,28)(H,29,30). The summed E-state index contributed by atoms with van der Waals surface area (Å²) in [5.41, 5.74) is 4.72. The van der Waals surface area contributed by atoms with Gasteiger partial charge in [0.25, 0.3) is 0 Å². The predicted molar refractivity (Wildman–Crippen MR) is 121 cm³/mol. The molecule has 0 fully saturated rings. The van der Waals surface area contributed by atoms with Gasteiger partial charge in [-0.3, -0.25) is 9.59 Å². The summed E-state index contributed by atoms with van der Waals surface area (Å²) in [5, 5.41) is 14.2. The molecule has 0 heterocycles. The molecule has 1 aliphatic rings. The minimum absolute atomic E-state index is 0.0277. The number of carboxylic acid groups (broad SMARTS) is 1. The first kappa shape index (κ1) is 23.3. The third-order valence-electron chi connectivity index (χ3n) is 5.64. The molecule has 7 heteroatoms. The van der Waals surface area contributed by atoms with E-state index in [1.54, 1.807) is 6.92 Å². The Hall–Kier alpha value is -3.35. The van der Waals surface area contributed by atoms with E-state index in [1.807, 2.05) is 24.3 Å². The molecule has 1 atom stereocenters. The molecule has 0 radical (unpaired) electrons. The van der Waals surface area contributed by atoms with Crippen LogP contribution in [0.3, 0.4) is 0 Å². The van der Waals surface area contributed by atoms with Crippen LogP contribution in [0.1, 0.15) is 56.1 Å². The molecule has 0 spiro atoms. The number of hydrogen-bond donors (Lipinski definition) is 3. The van der Waals surface area contributed by atoms with Crippen LogP contribution in [0.5, 0.6) is 0 Å². The summed E-state index contributed by atoms with van der Waals surface area (Å²) in [6.07, 6.45) is 1.60. The zero-order chi connectivity index (χ0) is 22.9. The largest absolute Gasteiger partial charge is 0.481 e. The van der Waals surface area contributed by atoms with Crippen molar-refractivity contribution in [3.63, 3.8) is 0 Å². The van der Waals surface area contributed by atoms with Crippen molar-refractivity contribution < 1.29 is 24.2 Å².